The molecule has 1 amide bonds. The van der Waals surface area contributed by atoms with E-state index in [-0.39, 0.29) is 11.3 Å². The first-order chi connectivity index (χ1) is 15.5. The summed E-state index contributed by atoms with van der Waals surface area (Å²) in [6.45, 7) is 3.86. The molecule has 162 valence electrons. The largest absolute Gasteiger partial charge is 0.507 e. The van der Waals surface area contributed by atoms with Crippen LogP contribution in [-0.4, -0.2) is 28.9 Å². The minimum atomic E-state index is -0.842. The molecule has 1 aliphatic heterocycles. The highest BCUT2D eigenvalue weighted by molar-refractivity contribution is 6.51. The van der Waals surface area contributed by atoms with Crippen molar-refractivity contribution in [2.75, 3.05) is 12.0 Å². The van der Waals surface area contributed by atoms with Crippen LogP contribution in [0.25, 0.3) is 5.76 Å². The summed E-state index contributed by atoms with van der Waals surface area (Å²) in [5.41, 5.74) is 3.39. The van der Waals surface area contributed by atoms with E-state index in [2.05, 4.69) is 4.98 Å². The Labute approximate surface area is 186 Å². The minimum absolute atomic E-state index is 0.0153. The molecule has 0 spiro atoms. The SMILES string of the molecule is CCc1ccc(N2C(=O)C(=O)/C(=C(\O)c3ccc(OC)cc3C)C2c2ccccn2)cc1. The fourth-order valence-electron chi connectivity index (χ4n) is 3.98. The number of carbonyl (C=O) groups is 2. The number of aromatic nitrogens is 1. The van der Waals surface area contributed by atoms with Gasteiger partial charge in [0.05, 0.1) is 18.4 Å². The summed E-state index contributed by atoms with van der Waals surface area (Å²) in [6, 6.07) is 17.1. The third kappa shape index (κ3) is 3.64. The van der Waals surface area contributed by atoms with Crippen LogP contribution in [0.4, 0.5) is 5.69 Å². The van der Waals surface area contributed by atoms with E-state index in [0.717, 1.165) is 17.5 Å². The van der Waals surface area contributed by atoms with Crippen molar-refractivity contribution in [1.82, 2.24) is 4.98 Å². The van der Waals surface area contributed by atoms with Gasteiger partial charge in [0.2, 0.25) is 0 Å². The average molecular weight is 428 g/mol. The number of Topliss-reactive ketones (excluding diaryl/α,β-unsaturated/α-hetero) is 1. The molecule has 6 nitrogen and oxygen atoms in total. The summed E-state index contributed by atoms with van der Waals surface area (Å²) in [4.78, 5) is 32.2. The number of carbonyl (C=O) groups excluding carboxylic acids is 2. The lowest BCUT2D eigenvalue weighted by Gasteiger charge is -2.25. The molecule has 6 heteroatoms. The summed E-state index contributed by atoms with van der Waals surface area (Å²) < 4.78 is 5.24. The Balaban J connectivity index is 1.91. The third-order valence-electron chi connectivity index (χ3n) is 5.72. The van der Waals surface area contributed by atoms with E-state index in [1.54, 1.807) is 49.7 Å². The number of aliphatic hydroxyl groups excluding tert-OH is 1. The van der Waals surface area contributed by atoms with Gasteiger partial charge in [0.15, 0.2) is 0 Å². The van der Waals surface area contributed by atoms with Gasteiger partial charge in [-0.25, -0.2) is 0 Å². The van der Waals surface area contributed by atoms with Gasteiger partial charge in [0.25, 0.3) is 11.7 Å². The minimum Gasteiger partial charge on any atom is -0.507 e. The van der Waals surface area contributed by atoms with Gasteiger partial charge in [-0.05, 0) is 66.9 Å². The van der Waals surface area contributed by atoms with Crippen LogP contribution in [0.3, 0.4) is 0 Å². The number of pyridine rings is 1. The van der Waals surface area contributed by atoms with Crippen molar-refractivity contribution in [3.05, 3.63) is 94.8 Å². The number of ketones is 1. The molecule has 0 aliphatic carbocycles. The Morgan fingerprint density at radius 1 is 1.09 bits per heavy atom. The van der Waals surface area contributed by atoms with Crippen molar-refractivity contribution in [2.45, 2.75) is 26.3 Å². The Bertz CT molecular complexity index is 1200. The molecule has 2 heterocycles. The Morgan fingerprint density at radius 2 is 1.84 bits per heavy atom. The summed E-state index contributed by atoms with van der Waals surface area (Å²) in [7, 11) is 1.56. The van der Waals surface area contributed by atoms with Crippen LogP contribution >= 0.6 is 0 Å². The van der Waals surface area contributed by atoms with E-state index in [4.69, 9.17) is 4.74 Å². The number of methoxy groups -OCH3 is 1. The molecule has 0 bridgehead atoms. The van der Waals surface area contributed by atoms with Crippen LogP contribution < -0.4 is 9.64 Å². The fraction of sp³-hybridized carbons (Fsp3) is 0.192. The van der Waals surface area contributed by atoms with Crippen LogP contribution in [0.5, 0.6) is 5.75 Å². The fourth-order valence-corrected chi connectivity index (χ4v) is 3.98. The maximum atomic E-state index is 13.2. The van der Waals surface area contributed by atoms with Crippen molar-refractivity contribution in [1.29, 1.82) is 0 Å². The highest BCUT2D eigenvalue weighted by Crippen LogP contribution is 2.42. The molecule has 0 radical (unpaired) electrons. The van der Waals surface area contributed by atoms with Crippen LogP contribution in [0, 0.1) is 6.92 Å². The molecule has 32 heavy (non-hydrogen) atoms. The number of nitrogens with zero attached hydrogens (tertiary/aromatic N) is 2. The summed E-state index contributed by atoms with van der Waals surface area (Å²) in [5, 5.41) is 11.2. The molecule has 1 N–H and O–H groups in total. The molecule has 1 aromatic heterocycles. The summed E-state index contributed by atoms with van der Waals surface area (Å²) >= 11 is 0. The number of amides is 1. The van der Waals surface area contributed by atoms with E-state index in [9.17, 15) is 14.7 Å². The van der Waals surface area contributed by atoms with E-state index in [0.29, 0.717) is 22.7 Å². The van der Waals surface area contributed by atoms with E-state index >= 15 is 0 Å². The van der Waals surface area contributed by atoms with Gasteiger partial charge in [-0.15, -0.1) is 0 Å². The van der Waals surface area contributed by atoms with Gasteiger partial charge in [-0.2, -0.15) is 0 Å². The molecule has 1 saturated heterocycles. The summed E-state index contributed by atoms with van der Waals surface area (Å²) in [6.07, 6.45) is 2.47. The second kappa shape index (κ2) is 8.67. The standard InChI is InChI=1S/C26H24N2O4/c1-4-17-8-10-18(11-9-17)28-23(21-7-5-6-14-27-21)22(25(30)26(28)31)24(29)20-13-12-19(32-3)15-16(20)2/h5-15,23,29H,4H2,1-3H3/b24-22-. The molecule has 1 fully saturated rings. The Hall–Kier alpha value is -3.93. The van der Waals surface area contributed by atoms with Crippen molar-refractivity contribution in [2.24, 2.45) is 0 Å². The van der Waals surface area contributed by atoms with Crippen LogP contribution in [-0.2, 0) is 16.0 Å². The van der Waals surface area contributed by atoms with Crippen molar-refractivity contribution >= 4 is 23.1 Å². The Kier molecular flexibility index (Phi) is 5.77. The molecule has 1 aliphatic rings. The zero-order chi connectivity index (χ0) is 22.8. The number of hydrogen-bond donors (Lipinski definition) is 1. The molecule has 2 aromatic carbocycles. The lowest BCUT2D eigenvalue weighted by Crippen LogP contribution is -2.29. The predicted octanol–water partition coefficient (Wildman–Crippen LogP) is 4.59. The highest BCUT2D eigenvalue weighted by atomic mass is 16.5. The number of aliphatic hydroxyl groups is 1. The van der Waals surface area contributed by atoms with Crippen LogP contribution in [0.1, 0.15) is 35.3 Å². The van der Waals surface area contributed by atoms with E-state index < -0.39 is 17.7 Å². The molecule has 1 atom stereocenters. The topological polar surface area (TPSA) is 79.7 Å². The third-order valence-corrected chi connectivity index (χ3v) is 5.72. The van der Waals surface area contributed by atoms with Gasteiger partial charge in [-0.3, -0.25) is 19.5 Å². The van der Waals surface area contributed by atoms with Crippen molar-refractivity contribution in [3.63, 3.8) is 0 Å². The predicted molar refractivity (Wildman–Crippen MR) is 123 cm³/mol. The Morgan fingerprint density at radius 3 is 2.44 bits per heavy atom. The zero-order valence-electron chi connectivity index (χ0n) is 18.2. The molecule has 0 saturated carbocycles. The number of hydrogen-bond acceptors (Lipinski definition) is 5. The number of ether oxygens (including phenoxy) is 1. The summed E-state index contributed by atoms with van der Waals surface area (Å²) in [5.74, 6) is -1.03. The maximum Gasteiger partial charge on any atom is 0.300 e. The van der Waals surface area contributed by atoms with Crippen LogP contribution in [0.2, 0.25) is 0 Å². The lowest BCUT2D eigenvalue weighted by atomic mass is 9.96. The first kappa shape index (κ1) is 21.3. The number of benzene rings is 2. The van der Waals surface area contributed by atoms with Gasteiger partial charge < -0.3 is 9.84 Å². The van der Waals surface area contributed by atoms with Gasteiger partial charge >= 0.3 is 0 Å². The number of aryl methyl sites for hydroxylation is 2. The van der Waals surface area contributed by atoms with Gasteiger partial charge in [-0.1, -0.05) is 25.1 Å². The first-order valence-electron chi connectivity index (χ1n) is 10.4. The van der Waals surface area contributed by atoms with Crippen LogP contribution in [0.15, 0.2) is 72.4 Å². The first-order valence-corrected chi connectivity index (χ1v) is 10.4. The second-order valence-electron chi connectivity index (χ2n) is 7.62. The second-order valence-corrected chi connectivity index (χ2v) is 7.62. The van der Waals surface area contributed by atoms with Gasteiger partial charge in [0, 0.05) is 17.4 Å². The molecular weight excluding hydrogens is 404 g/mol. The monoisotopic (exact) mass is 428 g/mol. The molecule has 4 rings (SSSR count). The highest BCUT2D eigenvalue weighted by Gasteiger charge is 2.47. The van der Waals surface area contributed by atoms with Gasteiger partial charge in [0.1, 0.15) is 17.6 Å². The molecule has 1 unspecified atom stereocenters. The zero-order valence-corrected chi connectivity index (χ0v) is 18.2. The lowest BCUT2D eigenvalue weighted by molar-refractivity contribution is -0.132. The molecule has 3 aromatic rings. The average Bonchev–Trinajstić information content (AvgIpc) is 3.09. The number of rotatable bonds is 5. The quantitative estimate of drug-likeness (QED) is 0.365. The number of anilines is 1. The van der Waals surface area contributed by atoms with Crippen molar-refractivity contribution in [3.8, 4) is 5.75 Å². The van der Waals surface area contributed by atoms with Crippen molar-refractivity contribution < 1.29 is 19.4 Å². The smallest absolute Gasteiger partial charge is 0.300 e. The maximum absolute atomic E-state index is 13.2. The molecular formula is C26H24N2O4. The van der Waals surface area contributed by atoms with E-state index in [1.807, 2.05) is 38.1 Å². The van der Waals surface area contributed by atoms with E-state index in [1.165, 1.54) is 4.90 Å². The normalized spacial score (nSPS) is 17.6.